The van der Waals surface area contributed by atoms with E-state index in [-0.39, 0.29) is 18.3 Å². The third-order valence-electron chi connectivity index (χ3n) is 6.26. The van der Waals surface area contributed by atoms with Gasteiger partial charge >= 0.3 is 5.97 Å². The van der Waals surface area contributed by atoms with E-state index in [1.54, 1.807) is 36.1 Å². The van der Waals surface area contributed by atoms with Crippen LogP contribution < -0.4 is 19.5 Å². The number of guanidine groups is 1. The summed E-state index contributed by atoms with van der Waals surface area (Å²) in [5, 5.41) is 2.75. The SMILES string of the molecule is CCOC(=O)[C@@H]1C(=O)NC(N2CCN(C(=O)c3ccco3)CC2)=N[C@H]1c1cc(OC)c(OC)c(OC)c1. The lowest BCUT2D eigenvalue weighted by Crippen LogP contribution is -2.58. The van der Waals surface area contributed by atoms with E-state index in [2.05, 4.69) is 5.32 Å². The molecule has 1 aromatic carbocycles. The molecule has 1 saturated heterocycles. The van der Waals surface area contributed by atoms with Crippen LogP contribution >= 0.6 is 0 Å². The van der Waals surface area contributed by atoms with Crippen molar-refractivity contribution in [1.82, 2.24) is 15.1 Å². The summed E-state index contributed by atoms with van der Waals surface area (Å²) in [4.78, 5) is 47.0. The van der Waals surface area contributed by atoms with Gasteiger partial charge in [0, 0.05) is 26.2 Å². The largest absolute Gasteiger partial charge is 0.493 e. The molecular weight excluding hydrogens is 484 g/mol. The first-order valence-electron chi connectivity index (χ1n) is 11.8. The fraction of sp³-hybridized carbons (Fsp3) is 0.440. The Bertz CT molecular complexity index is 1150. The first kappa shape index (κ1) is 25.9. The molecule has 0 aliphatic carbocycles. The van der Waals surface area contributed by atoms with Crippen LogP contribution in [0.1, 0.15) is 29.1 Å². The number of carbonyl (C=O) groups is 3. The summed E-state index contributed by atoms with van der Waals surface area (Å²) in [6.07, 6.45) is 1.46. The number of piperazine rings is 1. The summed E-state index contributed by atoms with van der Waals surface area (Å²) >= 11 is 0. The number of nitrogens with one attached hydrogen (secondary N) is 1. The molecule has 2 atom stereocenters. The summed E-state index contributed by atoms with van der Waals surface area (Å²) in [6, 6.07) is 5.71. The number of carbonyl (C=O) groups excluding carboxylic acids is 3. The van der Waals surface area contributed by atoms with Crippen LogP contribution in [0, 0.1) is 5.92 Å². The van der Waals surface area contributed by atoms with Gasteiger partial charge in [-0.05, 0) is 36.8 Å². The smallest absolute Gasteiger partial charge is 0.321 e. The molecule has 2 aromatic rings. The van der Waals surface area contributed by atoms with Crippen LogP contribution in [0.4, 0.5) is 0 Å². The van der Waals surface area contributed by atoms with E-state index in [1.807, 2.05) is 4.90 Å². The van der Waals surface area contributed by atoms with Crippen molar-refractivity contribution in [3.8, 4) is 17.2 Å². The van der Waals surface area contributed by atoms with Crippen LogP contribution in [0.25, 0.3) is 0 Å². The third-order valence-corrected chi connectivity index (χ3v) is 6.26. The van der Waals surface area contributed by atoms with E-state index in [4.69, 9.17) is 28.4 Å². The Labute approximate surface area is 214 Å². The van der Waals surface area contributed by atoms with Gasteiger partial charge in [0.25, 0.3) is 5.91 Å². The Hall–Kier alpha value is -4.22. The molecule has 12 heteroatoms. The number of hydrogen-bond donors (Lipinski definition) is 1. The number of amides is 2. The van der Waals surface area contributed by atoms with Gasteiger partial charge in [0.1, 0.15) is 6.04 Å². The molecule has 0 radical (unpaired) electrons. The molecule has 2 amide bonds. The summed E-state index contributed by atoms with van der Waals surface area (Å²) in [5.74, 6) is -0.925. The van der Waals surface area contributed by atoms with Crippen molar-refractivity contribution >= 4 is 23.7 Å². The van der Waals surface area contributed by atoms with Gasteiger partial charge < -0.3 is 33.2 Å². The fourth-order valence-electron chi connectivity index (χ4n) is 4.42. The molecule has 0 spiro atoms. The van der Waals surface area contributed by atoms with Gasteiger partial charge in [-0.2, -0.15) is 0 Å². The quantitative estimate of drug-likeness (QED) is 0.431. The number of esters is 1. The average Bonchev–Trinajstić information content (AvgIpc) is 3.46. The van der Waals surface area contributed by atoms with Crippen LogP contribution in [0.5, 0.6) is 17.2 Å². The van der Waals surface area contributed by atoms with E-state index in [0.29, 0.717) is 55.0 Å². The number of aliphatic imine (C=N–C) groups is 1. The maximum atomic E-state index is 13.2. The van der Waals surface area contributed by atoms with Crippen molar-refractivity contribution in [1.29, 1.82) is 0 Å². The molecule has 3 heterocycles. The first-order chi connectivity index (χ1) is 17.9. The van der Waals surface area contributed by atoms with E-state index in [1.165, 1.54) is 27.6 Å². The highest BCUT2D eigenvalue weighted by Gasteiger charge is 2.43. The maximum absolute atomic E-state index is 13.2. The molecule has 37 heavy (non-hydrogen) atoms. The standard InChI is InChI=1S/C25H30N4O8/c1-5-36-24(32)19-20(15-13-17(33-2)21(35-4)18(14-15)34-3)26-25(27-22(19)30)29-10-8-28(9-11-29)23(31)16-7-6-12-37-16/h6-7,12-14,19-20H,5,8-11H2,1-4H3,(H,26,27,30)/t19-,20-/m0/s1. The summed E-state index contributed by atoms with van der Waals surface area (Å²) in [6.45, 7) is 3.46. The van der Waals surface area contributed by atoms with Crippen molar-refractivity contribution in [2.45, 2.75) is 13.0 Å². The Balaban J connectivity index is 1.64. The zero-order valence-electron chi connectivity index (χ0n) is 21.2. The second kappa shape index (κ2) is 11.2. The number of furan rings is 1. The van der Waals surface area contributed by atoms with Crippen molar-refractivity contribution in [2.75, 3.05) is 54.1 Å². The zero-order chi connectivity index (χ0) is 26.5. The normalized spacial score (nSPS) is 19.6. The molecule has 0 saturated carbocycles. The van der Waals surface area contributed by atoms with Crippen LogP contribution in [0.2, 0.25) is 0 Å². The van der Waals surface area contributed by atoms with E-state index >= 15 is 0 Å². The van der Waals surface area contributed by atoms with Gasteiger partial charge in [0.2, 0.25) is 17.6 Å². The minimum absolute atomic E-state index is 0.118. The minimum atomic E-state index is -1.21. The van der Waals surface area contributed by atoms with Gasteiger partial charge in [0.15, 0.2) is 23.2 Å². The monoisotopic (exact) mass is 514 g/mol. The molecule has 198 valence electrons. The Morgan fingerprint density at radius 3 is 2.30 bits per heavy atom. The van der Waals surface area contributed by atoms with Crippen molar-refractivity contribution in [2.24, 2.45) is 10.9 Å². The molecule has 1 N–H and O–H groups in total. The molecule has 4 rings (SSSR count). The summed E-state index contributed by atoms with van der Waals surface area (Å²) in [7, 11) is 4.45. The summed E-state index contributed by atoms with van der Waals surface area (Å²) in [5.41, 5.74) is 0.520. The molecule has 1 fully saturated rings. The number of hydrogen-bond acceptors (Lipinski definition) is 10. The number of rotatable bonds is 7. The van der Waals surface area contributed by atoms with Crippen LogP contribution in [-0.4, -0.2) is 87.7 Å². The second-order valence-electron chi connectivity index (χ2n) is 8.33. The molecule has 1 aromatic heterocycles. The minimum Gasteiger partial charge on any atom is -0.493 e. The summed E-state index contributed by atoms with van der Waals surface area (Å²) < 4.78 is 26.7. The Morgan fingerprint density at radius 2 is 1.76 bits per heavy atom. The topological polar surface area (TPSA) is 132 Å². The molecule has 12 nitrogen and oxygen atoms in total. The van der Waals surface area contributed by atoms with Gasteiger partial charge in [-0.25, -0.2) is 4.99 Å². The van der Waals surface area contributed by atoms with Crippen LogP contribution in [0.3, 0.4) is 0 Å². The second-order valence-corrected chi connectivity index (χ2v) is 8.33. The first-order valence-corrected chi connectivity index (χ1v) is 11.8. The highest BCUT2D eigenvalue weighted by Crippen LogP contribution is 2.42. The number of nitrogens with zero attached hydrogens (tertiary/aromatic N) is 3. The lowest BCUT2D eigenvalue weighted by atomic mass is 9.90. The van der Waals surface area contributed by atoms with Crippen molar-refractivity contribution in [3.63, 3.8) is 0 Å². The van der Waals surface area contributed by atoms with Gasteiger partial charge in [0.05, 0.1) is 34.2 Å². The zero-order valence-corrected chi connectivity index (χ0v) is 21.2. The average molecular weight is 515 g/mol. The van der Waals surface area contributed by atoms with E-state index in [9.17, 15) is 14.4 Å². The number of methoxy groups -OCH3 is 3. The highest BCUT2D eigenvalue weighted by atomic mass is 16.5. The fourth-order valence-corrected chi connectivity index (χ4v) is 4.42. The van der Waals surface area contributed by atoms with Crippen molar-refractivity contribution < 1.29 is 37.7 Å². The lowest BCUT2D eigenvalue weighted by molar-refractivity contribution is -0.153. The highest BCUT2D eigenvalue weighted by molar-refractivity contribution is 6.08. The van der Waals surface area contributed by atoms with E-state index < -0.39 is 23.8 Å². The van der Waals surface area contributed by atoms with Gasteiger partial charge in [-0.1, -0.05) is 0 Å². The molecule has 0 unspecified atom stereocenters. The lowest BCUT2D eigenvalue weighted by Gasteiger charge is -2.38. The molecule has 2 aliphatic rings. The van der Waals surface area contributed by atoms with E-state index in [0.717, 1.165) is 0 Å². The predicted octanol–water partition coefficient (Wildman–Crippen LogP) is 1.47. The molecule has 2 aliphatic heterocycles. The third kappa shape index (κ3) is 5.18. The van der Waals surface area contributed by atoms with Gasteiger partial charge in [-0.15, -0.1) is 0 Å². The molecular formula is C25H30N4O8. The van der Waals surface area contributed by atoms with Crippen LogP contribution in [0.15, 0.2) is 39.9 Å². The maximum Gasteiger partial charge on any atom is 0.321 e. The Kier molecular flexibility index (Phi) is 7.85. The predicted molar refractivity (Wildman–Crippen MR) is 131 cm³/mol. The van der Waals surface area contributed by atoms with Gasteiger partial charge in [-0.3, -0.25) is 19.7 Å². The molecule has 0 bridgehead atoms. The number of ether oxygens (including phenoxy) is 4. The van der Waals surface area contributed by atoms with Crippen LogP contribution in [-0.2, 0) is 14.3 Å². The Morgan fingerprint density at radius 1 is 1.08 bits per heavy atom. The number of benzene rings is 1. The van der Waals surface area contributed by atoms with Crippen molar-refractivity contribution in [3.05, 3.63) is 41.9 Å².